The van der Waals surface area contributed by atoms with Gasteiger partial charge in [0.1, 0.15) is 5.82 Å². The summed E-state index contributed by atoms with van der Waals surface area (Å²) in [5, 5.41) is 0.713. The molecule has 1 aliphatic heterocycles. The Balaban J connectivity index is 1.63. The van der Waals surface area contributed by atoms with E-state index < -0.39 is 0 Å². The molecule has 0 saturated carbocycles. The molecule has 4 nitrogen and oxygen atoms in total. The second kappa shape index (κ2) is 6.14. The van der Waals surface area contributed by atoms with Gasteiger partial charge in [0.05, 0.1) is 6.54 Å². The number of carbonyl (C=O) groups is 1. The zero-order chi connectivity index (χ0) is 14.7. The van der Waals surface area contributed by atoms with Crippen LogP contribution in [0.2, 0.25) is 5.02 Å². The quantitative estimate of drug-likeness (QED) is 0.874. The summed E-state index contributed by atoms with van der Waals surface area (Å²) >= 11 is 5.88. The van der Waals surface area contributed by atoms with Gasteiger partial charge in [-0.1, -0.05) is 29.8 Å². The maximum atomic E-state index is 12.3. The molecule has 108 valence electrons. The van der Waals surface area contributed by atoms with Crippen LogP contribution < -0.4 is 4.90 Å². The summed E-state index contributed by atoms with van der Waals surface area (Å²) in [7, 11) is 0. The normalized spacial score (nSPS) is 15.4. The van der Waals surface area contributed by atoms with Crippen molar-refractivity contribution in [2.45, 2.75) is 6.54 Å². The van der Waals surface area contributed by atoms with Gasteiger partial charge >= 0.3 is 0 Å². The van der Waals surface area contributed by atoms with E-state index in [9.17, 15) is 4.79 Å². The van der Waals surface area contributed by atoms with E-state index in [1.165, 1.54) is 0 Å². The smallest absolute Gasteiger partial charge is 0.242 e. The molecule has 0 radical (unpaired) electrons. The van der Waals surface area contributed by atoms with E-state index in [0.29, 0.717) is 24.7 Å². The van der Waals surface area contributed by atoms with E-state index in [4.69, 9.17) is 11.6 Å². The molecule has 1 fully saturated rings. The number of pyridine rings is 1. The molecule has 21 heavy (non-hydrogen) atoms. The summed E-state index contributed by atoms with van der Waals surface area (Å²) in [6.07, 6.45) is 1.75. The van der Waals surface area contributed by atoms with Crippen molar-refractivity contribution in [1.82, 2.24) is 9.88 Å². The lowest BCUT2D eigenvalue weighted by Gasteiger charge is -2.35. The van der Waals surface area contributed by atoms with Gasteiger partial charge in [-0.25, -0.2) is 4.98 Å². The molecule has 1 aromatic heterocycles. The Morgan fingerprint density at radius 2 is 1.90 bits per heavy atom. The fourth-order valence-electron chi connectivity index (χ4n) is 2.42. The fourth-order valence-corrected chi connectivity index (χ4v) is 2.55. The molecule has 0 unspecified atom stereocenters. The third kappa shape index (κ3) is 3.34. The average Bonchev–Trinajstić information content (AvgIpc) is 2.52. The number of anilines is 1. The van der Waals surface area contributed by atoms with Crippen LogP contribution >= 0.6 is 11.6 Å². The number of hydrogen-bond acceptors (Lipinski definition) is 3. The number of aromatic nitrogens is 1. The first-order valence-corrected chi connectivity index (χ1v) is 7.28. The average molecular weight is 302 g/mol. The van der Waals surface area contributed by atoms with Gasteiger partial charge in [0, 0.05) is 30.9 Å². The maximum absolute atomic E-state index is 12.3. The molecule has 2 heterocycles. The Morgan fingerprint density at radius 1 is 1.10 bits per heavy atom. The highest BCUT2D eigenvalue weighted by atomic mass is 35.5. The molecule has 1 amide bonds. The summed E-state index contributed by atoms with van der Waals surface area (Å²) in [6.45, 7) is 2.52. The lowest BCUT2D eigenvalue weighted by atomic mass is 10.2. The van der Waals surface area contributed by atoms with Gasteiger partial charge in [0.2, 0.25) is 5.91 Å². The maximum Gasteiger partial charge on any atom is 0.242 e. The second-order valence-electron chi connectivity index (χ2n) is 5.05. The van der Waals surface area contributed by atoms with E-state index in [1.807, 2.05) is 52.3 Å². The van der Waals surface area contributed by atoms with Crippen molar-refractivity contribution >= 4 is 23.3 Å². The van der Waals surface area contributed by atoms with Crippen LogP contribution in [-0.4, -0.2) is 35.4 Å². The Hall–Kier alpha value is -2.07. The largest absolute Gasteiger partial charge is 0.346 e. The Bertz CT molecular complexity index is 615. The van der Waals surface area contributed by atoms with Crippen molar-refractivity contribution in [2.75, 3.05) is 24.5 Å². The predicted octanol–water partition coefficient (Wildman–Crippen LogP) is 2.58. The van der Waals surface area contributed by atoms with Crippen molar-refractivity contribution in [1.29, 1.82) is 0 Å². The number of carbonyl (C=O) groups excluding carboxylic acids is 1. The highest BCUT2D eigenvalue weighted by molar-refractivity contribution is 6.30. The van der Waals surface area contributed by atoms with Crippen LogP contribution in [0.15, 0.2) is 48.7 Å². The van der Waals surface area contributed by atoms with Gasteiger partial charge in [-0.3, -0.25) is 4.79 Å². The molecule has 1 aromatic carbocycles. The molecule has 1 aliphatic rings. The Labute approximate surface area is 129 Å². The molecule has 5 heteroatoms. The topological polar surface area (TPSA) is 36.4 Å². The lowest BCUT2D eigenvalue weighted by Crippen LogP contribution is -2.50. The first-order chi connectivity index (χ1) is 10.2. The highest BCUT2D eigenvalue weighted by Crippen LogP contribution is 2.16. The van der Waals surface area contributed by atoms with Crippen molar-refractivity contribution in [2.24, 2.45) is 0 Å². The van der Waals surface area contributed by atoms with Crippen LogP contribution in [-0.2, 0) is 11.3 Å². The Morgan fingerprint density at radius 3 is 2.57 bits per heavy atom. The van der Waals surface area contributed by atoms with Gasteiger partial charge in [-0.15, -0.1) is 0 Å². The van der Waals surface area contributed by atoms with E-state index >= 15 is 0 Å². The minimum Gasteiger partial charge on any atom is -0.346 e. The van der Waals surface area contributed by atoms with E-state index in [0.717, 1.165) is 17.9 Å². The first kappa shape index (κ1) is 13.9. The monoisotopic (exact) mass is 301 g/mol. The third-order valence-corrected chi connectivity index (χ3v) is 3.83. The van der Waals surface area contributed by atoms with Gasteiger partial charge < -0.3 is 9.80 Å². The first-order valence-electron chi connectivity index (χ1n) is 6.90. The van der Waals surface area contributed by atoms with E-state index in [2.05, 4.69) is 4.98 Å². The van der Waals surface area contributed by atoms with Crippen LogP contribution in [0.25, 0.3) is 0 Å². The standard InChI is InChI=1S/C16H16ClN3O/c17-14-6-4-13(5-7-14)11-20-10-9-19(12-16(20)21)15-3-1-2-8-18-15/h1-8H,9-12H2. The zero-order valence-electron chi connectivity index (χ0n) is 11.6. The lowest BCUT2D eigenvalue weighted by molar-refractivity contribution is -0.131. The molecule has 0 N–H and O–H groups in total. The fraction of sp³-hybridized carbons (Fsp3) is 0.250. The minimum absolute atomic E-state index is 0.127. The van der Waals surface area contributed by atoms with Gasteiger partial charge in [-0.05, 0) is 29.8 Å². The third-order valence-electron chi connectivity index (χ3n) is 3.58. The van der Waals surface area contributed by atoms with Crippen LogP contribution in [0.1, 0.15) is 5.56 Å². The minimum atomic E-state index is 0.127. The summed E-state index contributed by atoms with van der Waals surface area (Å²) in [6, 6.07) is 13.4. The number of benzene rings is 1. The number of rotatable bonds is 3. The van der Waals surface area contributed by atoms with Crippen molar-refractivity contribution in [3.05, 3.63) is 59.2 Å². The van der Waals surface area contributed by atoms with Crippen molar-refractivity contribution < 1.29 is 4.79 Å². The predicted molar refractivity (Wildman–Crippen MR) is 83.3 cm³/mol. The molecule has 1 saturated heterocycles. The van der Waals surface area contributed by atoms with Crippen LogP contribution in [0.4, 0.5) is 5.82 Å². The van der Waals surface area contributed by atoms with Gasteiger partial charge in [0.25, 0.3) is 0 Å². The molecular weight excluding hydrogens is 286 g/mol. The van der Waals surface area contributed by atoms with Crippen LogP contribution in [0.3, 0.4) is 0 Å². The summed E-state index contributed by atoms with van der Waals surface area (Å²) in [5.41, 5.74) is 1.10. The molecule has 3 rings (SSSR count). The summed E-state index contributed by atoms with van der Waals surface area (Å²) in [4.78, 5) is 20.5. The van der Waals surface area contributed by atoms with Gasteiger partial charge in [0.15, 0.2) is 0 Å². The summed E-state index contributed by atoms with van der Waals surface area (Å²) in [5.74, 6) is 0.985. The summed E-state index contributed by atoms with van der Waals surface area (Å²) < 4.78 is 0. The van der Waals surface area contributed by atoms with E-state index in [1.54, 1.807) is 6.20 Å². The van der Waals surface area contributed by atoms with Gasteiger partial charge in [-0.2, -0.15) is 0 Å². The molecule has 0 aliphatic carbocycles. The number of halogens is 1. The van der Waals surface area contributed by atoms with E-state index in [-0.39, 0.29) is 5.91 Å². The molecule has 0 atom stereocenters. The molecule has 0 spiro atoms. The SMILES string of the molecule is O=C1CN(c2ccccn2)CCN1Cc1ccc(Cl)cc1. The number of piperazine rings is 1. The van der Waals surface area contributed by atoms with Crippen molar-refractivity contribution in [3.8, 4) is 0 Å². The van der Waals surface area contributed by atoms with Crippen LogP contribution in [0.5, 0.6) is 0 Å². The van der Waals surface area contributed by atoms with Crippen LogP contribution in [0, 0.1) is 0 Å². The number of amides is 1. The number of hydrogen-bond donors (Lipinski definition) is 0. The number of nitrogens with zero attached hydrogens (tertiary/aromatic N) is 3. The second-order valence-corrected chi connectivity index (χ2v) is 5.49. The molecular formula is C16H16ClN3O. The zero-order valence-corrected chi connectivity index (χ0v) is 12.3. The van der Waals surface area contributed by atoms with Crippen molar-refractivity contribution in [3.63, 3.8) is 0 Å². The Kier molecular flexibility index (Phi) is 4.06. The molecule has 0 bridgehead atoms. The highest BCUT2D eigenvalue weighted by Gasteiger charge is 2.24. The molecule has 2 aromatic rings.